The molecule has 0 radical (unpaired) electrons. The van der Waals surface area contributed by atoms with E-state index in [1.165, 1.54) is 11.3 Å². The number of alkyl halides is 1. The van der Waals surface area contributed by atoms with E-state index < -0.39 is 0 Å². The summed E-state index contributed by atoms with van der Waals surface area (Å²) in [5.41, 5.74) is -0.352. The molecule has 1 rings (SSSR count). The Morgan fingerprint density at radius 1 is 1.53 bits per heavy atom. The molecule has 5 heteroatoms. The van der Waals surface area contributed by atoms with Gasteiger partial charge in [-0.1, -0.05) is 11.6 Å². The third kappa shape index (κ3) is 2.86. The highest BCUT2D eigenvalue weighted by Crippen LogP contribution is 2.25. The van der Waals surface area contributed by atoms with Crippen molar-refractivity contribution in [1.29, 1.82) is 0 Å². The zero-order chi connectivity index (χ0) is 11.6. The number of carbonyl (C=O) groups excluding carboxylic acids is 1. The lowest BCUT2D eigenvalue weighted by Crippen LogP contribution is -2.46. The monoisotopic (exact) mass is 265 g/mol. The maximum atomic E-state index is 12.0. The molecular formula is C10H13Cl2NOS. The minimum absolute atomic E-state index is 0.0439. The molecule has 1 aromatic rings. The normalized spacial score (nSPS) is 11.5. The van der Waals surface area contributed by atoms with E-state index in [4.69, 9.17) is 23.2 Å². The van der Waals surface area contributed by atoms with Gasteiger partial charge in [-0.05, 0) is 26.0 Å². The summed E-state index contributed by atoms with van der Waals surface area (Å²) in [4.78, 5) is 14.3. The first-order valence-corrected chi connectivity index (χ1v) is 6.21. The maximum Gasteiger partial charge on any atom is 0.264 e. The molecule has 2 nitrogen and oxygen atoms in total. The molecule has 0 saturated heterocycles. The molecule has 84 valence electrons. The fourth-order valence-corrected chi connectivity index (χ4v) is 2.16. The third-order valence-corrected chi connectivity index (χ3v) is 4.20. The van der Waals surface area contributed by atoms with Crippen molar-refractivity contribution >= 4 is 40.4 Å². The van der Waals surface area contributed by atoms with Crippen LogP contribution < -0.4 is 0 Å². The van der Waals surface area contributed by atoms with Crippen LogP contribution in [0.5, 0.6) is 0 Å². The van der Waals surface area contributed by atoms with E-state index in [0.29, 0.717) is 15.1 Å². The minimum Gasteiger partial charge on any atom is -0.335 e. The van der Waals surface area contributed by atoms with Gasteiger partial charge >= 0.3 is 0 Å². The third-order valence-electron chi connectivity index (χ3n) is 2.32. The van der Waals surface area contributed by atoms with Gasteiger partial charge in [0.2, 0.25) is 0 Å². The van der Waals surface area contributed by atoms with Gasteiger partial charge in [-0.2, -0.15) is 0 Å². The highest BCUT2D eigenvalue weighted by atomic mass is 35.5. The Morgan fingerprint density at radius 2 is 2.13 bits per heavy atom. The van der Waals surface area contributed by atoms with Crippen LogP contribution in [0.15, 0.2) is 12.1 Å². The van der Waals surface area contributed by atoms with Crippen LogP contribution in [0.4, 0.5) is 0 Å². The average Bonchev–Trinajstić information content (AvgIpc) is 2.62. The summed E-state index contributed by atoms with van der Waals surface area (Å²) in [6.45, 7) is 3.85. The molecule has 1 heterocycles. The summed E-state index contributed by atoms with van der Waals surface area (Å²) in [7, 11) is 1.75. The summed E-state index contributed by atoms with van der Waals surface area (Å²) >= 11 is 12.9. The summed E-state index contributed by atoms with van der Waals surface area (Å²) in [6, 6.07) is 3.46. The number of hydrogen-bond acceptors (Lipinski definition) is 2. The molecule has 1 amide bonds. The first kappa shape index (κ1) is 12.8. The summed E-state index contributed by atoms with van der Waals surface area (Å²) < 4.78 is 0.621. The Hall–Kier alpha value is -0.250. The van der Waals surface area contributed by atoms with Gasteiger partial charge in [0.05, 0.1) is 14.8 Å². The first-order chi connectivity index (χ1) is 6.88. The predicted molar refractivity (Wildman–Crippen MR) is 66.2 cm³/mol. The van der Waals surface area contributed by atoms with Gasteiger partial charge in [-0.3, -0.25) is 4.79 Å². The van der Waals surface area contributed by atoms with Crippen molar-refractivity contribution < 1.29 is 4.79 Å². The highest BCUT2D eigenvalue weighted by molar-refractivity contribution is 7.17. The van der Waals surface area contributed by atoms with Crippen molar-refractivity contribution in [3.8, 4) is 0 Å². The quantitative estimate of drug-likeness (QED) is 0.767. The average molecular weight is 266 g/mol. The van der Waals surface area contributed by atoms with Crippen LogP contribution in [0.3, 0.4) is 0 Å². The van der Waals surface area contributed by atoms with Gasteiger partial charge < -0.3 is 4.90 Å². The van der Waals surface area contributed by atoms with E-state index >= 15 is 0 Å². The standard InChI is InChI=1S/C10H13Cl2NOS/c1-10(2,6-11)13(3)9(14)7-4-5-8(12)15-7/h4-5H,6H2,1-3H3. The summed E-state index contributed by atoms with van der Waals surface area (Å²) in [5.74, 6) is 0.353. The van der Waals surface area contributed by atoms with Crippen LogP contribution in [0.1, 0.15) is 23.5 Å². The first-order valence-electron chi connectivity index (χ1n) is 4.48. The molecule has 1 aromatic heterocycles. The van der Waals surface area contributed by atoms with E-state index in [1.54, 1.807) is 24.1 Å². The number of nitrogens with zero attached hydrogens (tertiary/aromatic N) is 1. The van der Waals surface area contributed by atoms with Crippen molar-refractivity contribution in [2.24, 2.45) is 0 Å². The van der Waals surface area contributed by atoms with Crippen molar-refractivity contribution in [2.75, 3.05) is 12.9 Å². The minimum atomic E-state index is -0.352. The Kier molecular flexibility index (Phi) is 4.04. The molecule has 0 aliphatic heterocycles. The molecule has 0 spiro atoms. The van der Waals surface area contributed by atoms with Crippen molar-refractivity contribution in [2.45, 2.75) is 19.4 Å². The Balaban J connectivity index is 2.86. The molecule has 0 saturated carbocycles. The van der Waals surface area contributed by atoms with Crippen molar-refractivity contribution in [3.63, 3.8) is 0 Å². The van der Waals surface area contributed by atoms with Crippen LogP contribution in [0.2, 0.25) is 4.34 Å². The Morgan fingerprint density at radius 3 is 2.53 bits per heavy atom. The molecule has 0 aliphatic carbocycles. The van der Waals surface area contributed by atoms with E-state index in [0.717, 1.165) is 0 Å². The highest BCUT2D eigenvalue weighted by Gasteiger charge is 2.28. The zero-order valence-corrected chi connectivity index (χ0v) is 11.2. The molecule has 0 atom stereocenters. The van der Waals surface area contributed by atoms with Gasteiger partial charge in [0, 0.05) is 12.9 Å². The Bertz CT molecular complexity index is 362. The topological polar surface area (TPSA) is 20.3 Å². The second kappa shape index (κ2) is 4.73. The van der Waals surface area contributed by atoms with Crippen LogP contribution in [-0.4, -0.2) is 29.3 Å². The van der Waals surface area contributed by atoms with E-state index in [-0.39, 0.29) is 11.4 Å². The molecular weight excluding hydrogens is 253 g/mol. The number of rotatable bonds is 3. The van der Waals surface area contributed by atoms with Gasteiger partial charge in [-0.25, -0.2) is 0 Å². The fourth-order valence-electron chi connectivity index (χ4n) is 0.959. The fraction of sp³-hybridized carbons (Fsp3) is 0.500. The molecule has 15 heavy (non-hydrogen) atoms. The van der Waals surface area contributed by atoms with Crippen LogP contribution in [0, 0.1) is 0 Å². The number of thiophene rings is 1. The Labute approximate surface area is 104 Å². The number of halogens is 2. The predicted octanol–water partition coefficient (Wildman–Crippen LogP) is 3.49. The number of hydrogen-bond donors (Lipinski definition) is 0. The molecule has 0 N–H and O–H groups in total. The van der Waals surface area contributed by atoms with Crippen LogP contribution in [0.25, 0.3) is 0 Å². The SMILES string of the molecule is CN(C(=O)c1ccc(Cl)s1)C(C)(C)CCl. The lowest BCUT2D eigenvalue weighted by Gasteiger charge is -2.33. The zero-order valence-electron chi connectivity index (χ0n) is 8.88. The molecule has 0 aromatic carbocycles. The molecule has 0 aliphatic rings. The lowest BCUT2D eigenvalue weighted by atomic mass is 10.1. The van der Waals surface area contributed by atoms with Gasteiger partial charge in [0.1, 0.15) is 0 Å². The molecule has 0 unspecified atom stereocenters. The number of amides is 1. The van der Waals surface area contributed by atoms with E-state index in [1.807, 2.05) is 13.8 Å². The van der Waals surface area contributed by atoms with Crippen molar-refractivity contribution in [1.82, 2.24) is 4.90 Å². The van der Waals surface area contributed by atoms with Gasteiger partial charge in [-0.15, -0.1) is 22.9 Å². The van der Waals surface area contributed by atoms with Crippen LogP contribution >= 0.6 is 34.5 Å². The van der Waals surface area contributed by atoms with Crippen molar-refractivity contribution in [3.05, 3.63) is 21.3 Å². The summed E-state index contributed by atoms with van der Waals surface area (Å²) in [5, 5.41) is 0. The van der Waals surface area contributed by atoms with Gasteiger partial charge in [0.25, 0.3) is 5.91 Å². The molecule has 0 bridgehead atoms. The smallest absolute Gasteiger partial charge is 0.264 e. The van der Waals surface area contributed by atoms with Crippen LogP contribution in [-0.2, 0) is 0 Å². The van der Waals surface area contributed by atoms with E-state index in [2.05, 4.69) is 0 Å². The largest absolute Gasteiger partial charge is 0.335 e. The molecule has 0 fully saturated rings. The maximum absolute atomic E-state index is 12.0. The van der Waals surface area contributed by atoms with E-state index in [9.17, 15) is 4.79 Å². The number of carbonyl (C=O) groups is 1. The second-order valence-electron chi connectivity index (χ2n) is 3.91. The van der Waals surface area contributed by atoms with Gasteiger partial charge in [0.15, 0.2) is 0 Å². The second-order valence-corrected chi connectivity index (χ2v) is 5.90. The summed E-state index contributed by atoms with van der Waals surface area (Å²) in [6.07, 6.45) is 0. The lowest BCUT2D eigenvalue weighted by molar-refractivity contribution is 0.0665.